The van der Waals surface area contributed by atoms with Crippen LogP contribution in [0.5, 0.6) is 0 Å². The fourth-order valence-corrected chi connectivity index (χ4v) is 2.60. The van der Waals surface area contributed by atoms with Gasteiger partial charge in [0.05, 0.1) is 0 Å². The summed E-state index contributed by atoms with van der Waals surface area (Å²) in [6.07, 6.45) is 0.868. The second-order valence-corrected chi connectivity index (χ2v) is 7.14. The van der Waals surface area contributed by atoms with E-state index in [1.165, 1.54) is 0 Å². The molecule has 0 spiro atoms. The van der Waals surface area contributed by atoms with Crippen LogP contribution in [0.15, 0.2) is 24.3 Å². The van der Waals surface area contributed by atoms with Gasteiger partial charge in [-0.1, -0.05) is 20.8 Å². The molecule has 0 aliphatic rings. The maximum Gasteiger partial charge on any atom is 0.316 e. The number of carbonyl (C=O) groups is 2. The largest absolute Gasteiger partial charge is 0.351 e. The zero-order chi connectivity index (χ0) is 16.3. The minimum Gasteiger partial charge on any atom is -0.351 e. The molecule has 0 bridgehead atoms. The van der Waals surface area contributed by atoms with Crippen LogP contribution in [0.1, 0.15) is 51.4 Å². The van der Waals surface area contributed by atoms with E-state index in [4.69, 9.17) is 5.73 Å². The Morgan fingerprint density at radius 3 is 2.00 bits per heavy atom. The molecular weight excluding hydrogens is 266 g/mol. The summed E-state index contributed by atoms with van der Waals surface area (Å²) in [4.78, 5) is 23.0. The average molecular weight is 291 g/mol. The molecule has 116 valence electrons. The summed E-state index contributed by atoms with van der Waals surface area (Å²) in [6, 6.07) is 5.99. The molecule has 3 amide bonds. The zero-order valence-electron chi connectivity index (χ0n) is 13.4. The molecule has 1 rings (SSSR count). The lowest BCUT2D eigenvalue weighted by Gasteiger charge is -2.33. The molecule has 0 radical (unpaired) electrons. The van der Waals surface area contributed by atoms with Crippen molar-refractivity contribution in [2.75, 3.05) is 5.32 Å². The Labute approximate surface area is 126 Å². The van der Waals surface area contributed by atoms with Crippen LogP contribution >= 0.6 is 0 Å². The molecule has 0 unspecified atom stereocenters. The zero-order valence-corrected chi connectivity index (χ0v) is 13.4. The Morgan fingerprint density at radius 2 is 1.57 bits per heavy atom. The number of anilines is 1. The van der Waals surface area contributed by atoms with Gasteiger partial charge in [0.2, 0.25) is 0 Å². The van der Waals surface area contributed by atoms with E-state index < -0.39 is 6.03 Å². The molecule has 0 aliphatic heterocycles. The van der Waals surface area contributed by atoms with Crippen molar-refractivity contribution < 1.29 is 9.59 Å². The van der Waals surface area contributed by atoms with E-state index in [0.29, 0.717) is 11.3 Å². The van der Waals surface area contributed by atoms with Gasteiger partial charge in [-0.3, -0.25) is 4.79 Å². The average Bonchev–Trinajstić information content (AvgIpc) is 2.24. The van der Waals surface area contributed by atoms with Crippen LogP contribution in [0.2, 0.25) is 0 Å². The monoisotopic (exact) mass is 291 g/mol. The first-order valence-electron chi connectivity index (χ1n) is 6.98. The Kier molecular flexibility index (Phi) is 4.99. The van der Waals surface area contributed by atoms with Crippen molar-refractivity contribution >= 4 is 17.6 Å². The molecule has 0 atom stereocenters. The number of hydrogen-bond acceptors (Lipinski definition) is 2. The number of nitrogens with one attached hydrogen (secondary N) is 2. The fourth-order valence-electron chi connectivity index (χ4n) is 2.60. The van der Waals surface area contributed by atoms with Gasteiger partial charge in [-0.25, -0.2) is 4.79 Å². The molecule has 5 nitrogen and oxygen atoms in total. The number of primary amides is 1. The number of hydrogen-bond donors (Lipinski definition) is 3. The Morgan fingerprint density at radius 1 is 1.05 bits per heavy atom. The first-order chi connectivity index (χ1) is 9.48. The van der Waals surface area contributed by atoms with Gasteiger partial charge in [-0.2, -0.15) is 0 Å². The quantitative estimate of drug-likeness (QED) is 0.796. The topological polar surface area (TPSA) is 84.2 Å². The molecule has 5 heteroatoms. The van der Waals surface area contributed by atoms with Crippen molar-refractivity contribution in [2.45, 2.75) is 46.6 Å². The van der Waals surface area contributed by atoms with Gasteiger partial charge in [-0.05, 0) is 49.9 Å². The van der Waals surface area contributed by atoms with E-state index in [1.54, 1.807) is 24.3 Å². The van der Waals surface area contributed by atoms with Crippen LogP contribution < -0.4 is 16.4 Å². The number of benzene rings is 1. The van der Waals surface area contributed by atoms with Crippen molar-refractivity contribution in [2.24, 2.45) is 11.1 Å². The number of nitrogens with two attached hydrogens (primary N) is 1. The summed E-state index contributed by atoms with van der Waals surface area (Å²) in [6.45, 7) is 10.5. The van der Waals surface area contributed by atoms with E-state index in [0.717, 1.165) is 6.42 Å². The van der Waals surface area contributed by atoms with Gasteiger partial charge in [0.1, 0.15) is 0 Å². The lowest BCUT2D eigenvalue weighted by molar-refractivity contribution is 0.0891. The molecule has 0 fully saturated rings. The first-order valence-corrected chi connectivity index (χ1v) is 6.98. The second kappa shape index (κ2) is 6.16. The highest BCUT2D eigenvalue weighted by molar-refractivity contribution is 5.95. The van der Waals surface area contributed by atoms with E-state index in [9.17, 15) is 9.59 Å². The summed E-state index contributed by atoms with van der Waals surface area (Å²) >= 11 is 0. The van der Waals surface area contributed by atoms with E-state index >= 15 is 0 Å². The molecule has 0 saturated heterocycles. The second-order valence-electron chi connectivity index (χ2n) is 7.14. The van der Waals surface area contributed by atoms with Crippen molar-refractivity contribution in [1.29, 1.82) is 0 Å². The number of amides is 3. The summed E-state index contributed by atoms with van der Waals surface area (Å²) in [5.41, 5.74) is 5.98. The normalized spacial score (nSPS) is 11.9. The van der Waals surface area contributed by atoms with Crippen LogP contribution in [-0.4, -0.2) is 17.5 Å². The van der Waals surface area contributed by atoms with Gasteiger partial charge in [0.15, 0.2) is 0 Å². The smallest absolute Gasteiger partial charge is 0.316 e. The third kappa shape index (κ3) is 6.29. The number of carbonyl (C=O) groups excluding carboxylic acids is 2. The maximum atomic E-state index is 12.3. The highest BCUT2D eigenvalue weighted by Gasteiger charge is 2.27. The predicted octanol–water partition coefficient (Wildman–Crippen LogP) is 3.12. The van der Waals surface area contributed by atoms with E-state index in [-0.39, 0.29) is 16.9 Å². The summed E-state index contributed by atoms with van der Waals surface area (Å²) in [5, 5.41) is 5.50. The standard InChI is InChI=1S/C16H25N3O2/c1-15(2,3)10-16(4,5)19-13(20)11-6-8-12(9-7-11)18-14(17)21/h6-9H,10H2,1-5H3,(H,19,20)(H3,17,18,21). The fraction of sp³-hybridized carbons (Fsp3) is 0.500. The Bertz CT molecular complexity index is 513. The third-order valence-electron chi connectivity index (χ3n) is 2.84. The molecule has 0 aromatic heterocycles. The predicted molar refractivity (Wildman–Crippen MR) is 85.3 cm³/mol. The maximum absolute atomic E-state index is 12.3. The molecule has 1 aromatic carbocycles. The van der Waals surface area contributed by atoms with Crippen LogP contribution in [0.25, 0.3) is 0 Å². The Balaban J connectivity index is 2.73. The van der Waals surface area contributed by atoms with Crippen molar-refractivity contribution in [3.05, 3.63) is 29.8 Å². The lowest BCUT2D eigenvalue weighted by atomic mass is 9.81. The summed E-state index contributed by atoms with van der Waals surface area (Å²) in [5.74, 6) is -0.130. The van der Waals surface area contributed by atoms with Crippen LogP contribution in [0, 0.1) is 5.41 Å². The van der Waals surface area contributed by atoms with Crippen LogP contribution in [-0.2, 0) is 0 Å². The summed E-state index contributed by atoms with van der Waals surface area (Å²) in [7, 11) is 0. The molecule has 4 N–H and O–H groups in total. The number of rotatable bonds is 4. The van der Waals surface area contributed by atoms with Gasteiger partial charge >= 0.3 is 6.03 Å². The SMILES string of the molecule is CC(C)(C)CC(C)(C)NC(=O)c1ccc(NC(N)=O)cc1. The number of urea groups is 1. The van der Waals surface area contributed by atoms with Crippen molar-refractivity contribution in [1.82, 2.24) is 5.32 Å². The van der Waals surface area contributed by atoms with Gasteiger partial charge < -0.3 is 16.4 Å². The molecule has 0 saturated carbocycles. The molecule has 21 heavy (non-hydrogen) atoms. The molecular formula is C16H25N3O2. The van der Waals surface area contributed by atoms with Crippen molar-refractivity contribution in [3.63, 3.8) is 0 Å². The minimum absolute atomic E-state index is 0.130. The van der Waals surface area contributed by atoms with Gasteiger partial charge in [0.25, 0.3) is 5.91 Å². The highest BCUT2D eigenvalue weighted by Crippen LogP contribution is 2.27. The van der Waals surface area contributed by atoms with Crippen LogP contribution in [0.4, 0.5) is 10.5 Å². The third-order valence-corrected chi connectivity index (χ3v) is 2.84. The Hall–Kier alpha value is -2.04. The first kappa shape index (κ1) is 17.0. The lowest BCUT2D eigenvalue weighted by Crippen LogP contribution is -2.45. The van der Waals surface area contributed by atoms with Gasteiger partial charge in [0, 0.05) is 16.8 Å². The molecule has 0 heterocycles. The molecule has 0 aliphatic carbocycles. The summed E-state index contributed by atoms with van der Waals surface area (Å²) < 4.78 is 0. The van der Waals surface area contributed by atoms with E-state index in [1.807, 2.05) is 13.8 Å². The minimum atomic E-state index is -0.626. The van der Waals surface area contributed by atoms with Crippen molar-refractivity contribution in [3.8, 4) is 0 Å². The molecule has 1 aromatic rings. The highest BCUT2D eigenvalue weighted by atomic mass is 16.2. The van der Waals surface area contributed by atoms with Crippen LogP contribution in [0.3, 0.4) is 0 Å². The van der Waals surface area contributed by atoms with E-state index in [2.05, 4.69) is 31.4 Å². The van der Waals surface area contributed by atoms with Gasteiger partial charge in [-0.15, -0.1) is 0 Å².